The molecule has 4 nitrogen and oxygen atoms in total. The van der Waals surface area contributed by atoms with Gasteiger partial charge in [-0.05, 0) is 5.92 Å². The molecule has 0 bridgehead atoms. The molecular weight excluding hydrogens is 178 g/mol. The topological polar surface area (TPSA) is 53.1 Å². The first kappa shape index (κ1) is 9.52. The lowest BCUT2D eigenvalue weighted by molar-refractivity contribution is 0.110. The number of fused-ring (bicyclic) bond motifs is 1. The van der Waals surface area contributed by atoms with Crippen molar-refractivity contribution in [1.82, 2.24) is 9.78 Å². The van der Waals surface area contributed by atoms with Crippen LogP contribution in [0.1, 0.15) is 25.1 Å². The molecule has 0 radical (unpaired) electrons. The number of nitrogens with zero attached hydrogens (tertiary/aromatic N) is 2. The molecule has 2 rings (SSSR count). The van der Waals surface area contributed by atoms with Crippen LogP contribution in [0.15, 0.2) is 0 Å². The normalized spacial score (nSPS) is 15.9. The summed E-state index contributed by atoms with van der Waals surface area (Å²) in [5, 5.41) is 4.50. The van der Waals surface area contributed by atoms with Crippen molar-refractivity contribution in [1.29, 1.82) is 0 Å². The summed E-state index contributed by atoms with van der Waals surface area (Å²) in [6.45, 7) is 6.61. The van der Waals surface area contributed by atoms with Gasteiger partial charge in [0.25, 0.3) is 0 Å². The molecule has 14 heavy (non-hydrogen) atoms. The first-order valence-electron chi connectivity index (χ1n) is 5.10. The molecule has 0 saturated carbocycles. The van der Waals surface area contributed by atoms with Crippen molar-refractivity contribution in [3.05, 3.63) is 11.3 Å². The van der Waals surface area contributed by atoms with Crippen LogP contribution in [-0.4, -0.2) is 16.4 Å². The molecule has 0 fully saturated rings. The van der Waals surface area contributed by atoms with Gasteiger partial charge < -0.3 is 10.5 Å². The van der Waals surface area contributed by atoms with Gasteiger partial charge in [-0.2, -0.15) is 5.10 Å². The van der Waals surface area contributed by atoms with E-state index in [0.29, 0.717) is 12.5 Å². The van der Waals surface area contributed by atoms with Crippen LogP contribution in [0.4, 0.5) is 5.82 Å². The first-order valence-corrected chi connectivity index (χ1v) is 5.10. The molecule has 0 saturated heterocycles. The molecule has 0 aromatic carbocycles. The maximum atomic E-state index is 5.99. The zero-order chi connectivity index (χ0) is 10.1. The smallest absolute Gasteiger partial charge is 0.127 e. The number of rotatable bonds is 2. The summed E-state index contributed by atoms with van der Waals surface area (Å²) in [6, 6.07) is 0. The van der Waals surface area contributed by atoms with E-state index in [1.54, 1.807) is 0 Å². The van der Waals surface area contributed by atoms with E-state index >= 15 is 0 Å². The van der Waals surface area contributed by atoms with Gasteiger partial charge >= 0.3 is 0 Å². The fourth-order valence-corrected chi connectivity index (χ4v) is 1.75. The molecule has 78 valence electrons. The van der Waals surface area contributed by atoms with Gasteiger partial charge in [-0.15, -0.1) is 0 Å². The van der Waals surface area contributed by atoms with E-state index in [1.807, 2.05) is 4.68 Å². The maximum Gasteiger partial charge on any atom is 0.127 e. The van der Waals surface area contributed by atoms with E-state index in [1.165, 1.54) is 0 Å². The Morgan fingerprint density at radius 3 is 3.00 bits per heavy atom. The summed E-state index contributed by atoms with van der Waals surface area (Å²) in [4.78, 5) is 0. The lowest BCUT2D eigenvalue weighted by atomic mass is 10.1. The second-order valence-corrected chi connectivity index (χ2v) is 4.19. The van der Waals surface area contributed by atoms with Gasteiger partial charge in [-0.1, -0.05) is 13.8 Å². The van der Waals surface area contributed by atoms with Gasteiger partial charge in [0.1, 0.15) is 5.82 Å². The summed E-state index contributed by atoms with van der Waals surface area (Å²) in [5.41, 5.74) is 8.21. The summed E-state index contributed by atoms with van der Waals surface area (Å²) in [7, 11) is 0. The Bertz CT molecular complexity index is 330. The Balaban J connectivity index is 2.29. The monoisotopic (exact) mass is 195 g/mol. The van der Waals surface area contributed by atoms with Gasteiger partial charge in [-0.3, -0.25) is 0 Å². The average Bonchev–Trinajstić information content (AvgIpc) is 2.44. The van der Waals surface area contributed by atoms with E-state index in [9.17, 15) is 0 Å². The van der Waals surface area contributed by atoms with Crippen LogP contribution < -0.4 is 5.73 Å². The number of hydrogen-bond acceptors (Lipinski definition) is 3. The summed E-state index contributed by atoms with van der Waals surface area (Å²) in [5.74, 6) is 1.35. The highest BCUT2D eigenvalue weighted by molar-refractivity contribution is 5.43. The molecule has 4 heteroatoms. The number of ether oxygens (including phenoxy) is 1. The summed E-state index contributed by atoms with van der Waals surface area (Å²) >= 11 is 0. The second kappa shape index (κ2) is 3.61. The first-order chi connectivity index (χ1) is 6.68. The lowest BCUT2D eigenvalue weighted by Gasteiger charge is -2.10. The van der Waals surface area contributed by atoms with Gasteiger partial charge in [-0.25, -0.2) is 4.68 Å². The molecule has 0 amide bonds. The Kier molecular flexibility index (Phi) is 2.46. The highest BCUT2D eigenvalue weighted by atomic mass is 16.5. The third-order valence-corrected chi connectivity index (χ3v) is 2.44. The Morgan fingerprint density at radius 1 is 1.57 bits per heavy atom. The Morgan fingerprint density at radius 2 is 2.36 bits per heavy atom. The predicted molar refractivity (Wildman–Crippen MR) is 54.8 cm³/mol. The molecule has 1 aliphatic heterocycles. The van der Waals surface area contributed by atoms with E-state index in [2.05, 4.69) is 18.9 Å². The van der Waals surface area contributed by atoms with E-state index in [-0.39, 0.29) is 0 Å². The average molecular weight is 195 g/mol. The molecule has 1 aliphatic rings. The molecule has 2 heterocycles. The second-order valence-electron chi connectivity index (χ2n) is 4.19. The predicted octanol–water partition coefficient (Wildman–Crippen LogP) is 1.19. The standard InChI is InChI=1S/C10H17N3O/c1-7(2)5-13-10(11)8-6-14-4-3-9(8)12-13/h7H,3-6,11H2,1-2H3. The fraction of sp³-hybridized carbons (Fsp3) is 0.700. The van der Waals surface area contributed by atoms with Crippen molar-refractivity contribution >= 4 is 5.82 Å². The van der Waals surface area contributed by atoms with Crippen molar-refractivity contribution in [3.8, 4) is 0 Å². The van der Waals surface area contributed by atoms with Crippen LogP contribution in [0.3, 0.4) is 0 Å². The number of anilines is 1. The van der Waals surface area contributed by atoms with Crippen LogP contribution in [0.2, 0.25) is 0 Å². The van der Waals surface area contributed by atoms with Crippen LogP contribution >= 0.6 is 0 Å². The van der Waals surface area contributed by atoms with Crippen LogP contribution in [-0.2, 0) is 24.3 Å². The van der Waals surface area contributed by atoms with Crippen molar-refractivity contribution in [3.63, 3.8) is 0 Å². The number of aromatic nitrogens is 2. The van der Waals surface area contributed by atoms with Crippen molar-refractivity contribution in [2.45, 2.75) is 33.4 Å². The third-order valence-electron chi connectivity index (χ3n) is 2.44. The number of nitrogens with two attached hydrogens (primary N) is 1. The molecule has 1 aromatic rings. The van der Waals surface area contributed by atoms with Gasteiger partial charge in [0.2, 0.25) is 0 Å². The minimum absolute atomic E-state index is 0.569. The molecular formula is C10H17N3O. The number of nitrogen functional groups attached to an aromatic ring is 1. The quantitative estimate of drug-likeness (QED) is 0.771. The van der Waals surface area contributed by atoms with Crippen LogP contribution in [0.25, 0.3) is 0 Å². The van der Waals surface area contributed by atoms with Crippen molar-refractivity contribution in [2.75, 3.05) is 12.3 Å². The molecule has 0 aliphatic carbocycles. The molecule has 2 N–H and O–H groups in total. The fourth-order valence-electron chi connectivity index (χ4n) is 1.75. The zero-order valence-electron chi connectivity index (χ0n) is 8.79. The molecule has 1 aromatic heterocycles. The minimum atomic E-state index is 0.569. The highest BCUT2D eigenvalue weighted by Crippen LogP contribution is 2.22. The lowest BCUT2D eigenvalue weighted by Crippen LogP contribution is -2.10. The largest absolute Gasteiger partial charge is 0.384 e. The van der Waals surface area contributed by atoms with E-state index in [4.69, 9.17) is 10.5 Å². The Hall–Kier alpha value is -1.03. The molecule has 0 unspecified atom stereocenters. The summed E-state index contributed by atoms with van der Waals surface area (Å²) in [6.07, 6.45) is 0.893. The van der Waals surface area contributed by atoms with Crippen LogP contribution in [0.5, 0.6) is 0 Å². The third kappa shape index (κ3) is 1.62. The van der Waals surface area contributed by atoms with Gasteiger partial charge in [0.15, 0.2) is 0 Å². The van der Waals surface area contributed by atoms with Crippen molar-refractivity contribution in [2.24, 2.45) is 5.92 Å². The van der Waals surface area contributed by atoms with Gasteiger partial charge in [0, 0.05) is 18.5 Å². The molecule has 0 spiro atoms. The van der Waals surface area contributed by atoms with E-state index < -0.39 is 0 Å². The highest BCUT2D eigenvalue weighted by Gasteiger charge is 2.19. The number of hydrogen-bond donors (Lipinski definition) is 1. The van der Waals surface area contributed by atoms with Gasteiger partial charge in [0.05, 0.1) is 18.9 Å². The SMILES string of the molecule is CC(C)Cn1nc2c(c1N)COCC2. The molecule has 0 atom stereocenters. The Labute approximate surface area is 84.0 Å². The summed E-state index contributed by atoms with van der Waals surface area (Å²) < 4.78 is 7.27. The minimum Gasteiger partial charge on any atom is -0.384 e. The maximum absolute atomic E-state index is 5.99. The zero-order valence-corrected chi connectivity index (χ0v) is 8.79. The van der Waals surface area contributed by atoms with Crippen molar-refractivity contribution < 1.29 is 4.74 Å². The van der Waals surface area contributed by atoms with E-state index in [0.717, 1.165) is 36.6 Å². The van der Waals surface area contributed by atoms with Crippen LogP contribution in [0, 0.1) is 5.92 Å².